The summed E-state index contributed by atoms with van der Waals surface area (Å²) in [5, 5.41) is 11.1. The number of carbonyl (C=O) groups is 1. The summed E-state index contributed by atoms with van der Waals surface area (Å²) in [5.74, 6) is 0.307. The lowest BCUT2D eigenvalue weighted by molar-refractivity contribution is 0.0634. The van der Waals surface area contributed by atoms with Crippen LogP contribution in [0.2, 0.25) is 0 Å². The molecule has 124 valence electrons. The second kappa shape index (κ2) is 6.72. The van der Waals surface area contributed by atoms with E-state index in [1.165, 1.54) is 0 Å². The molecule has 5 heteroatoms. The van der Waals surface area contributed by atoms with Crippen molar-refractivity contribution in [1.82, 2.24) is 9.47 Å². The molecule has 1 heterocycles. The van der Waals surface area contributed by atoms with Gasteiger partial charge in [0.2, 0.25) is 0 Å². The number of nitrogens with zero attached hydrogens (tertiary/aromatic N) is 2. The highest BCUT2D eigenvalue weighted by molar-refractivity contribution is 5.98. The van der Waals surface area contributed by atoms with E-state index in [1.54, 1.807) is 19.1 Å². The molecule has 1 fully saturated rings. The van der Waals surface area contributed by atoms with Crippen LogP contribution in [0.5, 0.6) is 0 Å². The van der Waals surface area contributed by atoms with Crippen LogP contribution in [0.4, 0.5) is 0 Å². The minimum absolute atomic E-state index is 0.0583. The fraction of sp³-hybridized carbons (Fsp3) is 0.500. The average molecular weight is 316 g/mol. The average Bonchev–Trinajstić information content (AvgIpc) is 3.34. The molecule has 3 rings (SSSR count). The number of rotatable bonds is 7. The summed E-state index contributed by atoms with van der Waals surface area (Å²) < 4.78 is 7.18. The van der Waals surface area contributed by atoms with Gasteiger partial charge in [-0.05, 0) is 30.9 Å². The van der Waals surface area contributed by atoms with E-state index in [1.807, 2.05) is 34.9 Å². The number of hydrogen-bond acceptors (Lipinski definition) is 3. The SMILES string of the molecule is COCCn1c(C(=O)N(C)CC(O)C2CC2)cc2ccccc21. The zero-order chi connectivity index (χ0) is 16.4. The highest BCUT2D eigenvalue weighted by Gasteiger charge is 2.31. The Bertz CT molecular complexity index is 691. The van der Waals surface area contributed by atoms with Crippen LogP contribution >= 0.6 is 0 Å². The number of ether oxygens (including phenoxy) is 1. The molecule has 1 N–H and O–H groups in total. The molecule has 1 aromatic carbocycles. The molecule has 2 aromatic rings. The molecule has 0 radical (unpaired) electrons. The Morgan fingerprint density at radius 3 is 2.87 bits per heavy atom. The molecular formula is C18H24N2O3. The number of amides is 1. The minimum Gasteiger partial charge on any atom is -0.391 e. The molecule has 23 heavy (non-hydrogen) atoms. The van der Waals surface area contributed by atoms with Crippen LogP contribution in [0, 0.1) is 5.92 Å². The monoisotopic (exact) mass is 316 g/mol. The molecule has 1 saturated carbocycles. The van der Waals surface area contributed by atoms with Crippen molar-refractivity contribution in [3.05, 3.63) is 36.0 Å². The van der Waals surface area contributed by atoms with Gasteiger partial charge in [0, 0.05) is 38.1 Å². The second-order valence-corrected chi connectivity index (χ2v) is 6.32. The number of fused-ring (bicyclic) bond motifs is 1. The number of benzene rings is 1. The Morgan fingerprint density at radius 2 is 2.17 bits per heavy atom. The summed E-state index contributed by atoms with van der Waals surface area (Å²) >= 11 is 0. The van der Waals surface area contributed by atoms with E-state index in [9.17, 15) is 9.90 Å². The molecule has 1 aliphatic rings. The molecule has 1 aromatic heterocycles. The third-order valence-electron chi connectivity index (χ3n) is 4.52. The fourth-order valence-corrected chi connectivity index (χ4v) is 3.00. The van der Waals surface area contributed by atoms with E-state index in [-0.39, 0.29) is 5.91 Å². The van der Waals surface area contributed by atoms with Crippen LogP contribution in [-0.4, -0.2) is 53.9 Å². The molecule has 1 amide bonds. The first kappa shape index (κ1) is 16.0. The van der Waals surface area contributed by atoms with Crippen LogP contribution < -0.4 is 0 Å². The Morgan fingerprint density at radius 1 is 1.43 bits per heavy atom. The summed E-state index contributed by atoms with van der Waals surface area (Å²) in [4.78, 5) is 14.5. The van der Waals surface area contributed by atoms with Gasteiger partial charge >= 0.3 is 0 Å². The van der Waals surface area contributed by atoms with Gasteiger partial charge in [0.25, 0.3) is 5.91 Å². The number of aliphatic hydroxyl groups is 1. The maximum atomic E-state index is 12.8. The Labute approximate surface area is 136 Å². The zero-order valence-corrected chi connectivity index (χ0v) is 13.7. The third-order valence-corrected chi connectivity index (χ3v) is 4.52. The Hall–Kier alpha value is -1.85. The highest BCUT2D eigenvalue weighted by Crippen LogP contribution is 2.33. The summed E-state index contributed by atoms with van der Waals surface area (Å²) in [7, 11) is 3.41. The first-order chi connectivity index (χ1) is 11.1. The van der Waals surface area contributed by atoms with Gasteiger partial charge in [0.1, 0.15) is 5.69 Å². The van der Waals surface area contributed by atoms with Crippen molar-refractivity contribution in [2.24, 2.45) is 5.92 Å². The second-order valence-electron chi connectivity index (χ2n) is 6.32. The van der Waals surface area contributed by atoms with Crippen molar-refractivity contribution in [3.8, 4) is 0 Å². The number of hydrogen-bond donors (Lipinski definition) is 1. The normalized spacial score (nSPS) is 15.8. The van der Waals surface area contributed by atoms with Crippen LogP contribution in [0.25, 0.3) is 10.9 Å². The van der Waals surface area contributed by atoms with Gasteiger partial charge in [0.05, 0.1) is 12.7 Å². The van der Waals surface area contributed by atoms with E-state index in [0.29, 0.717) is 31.3 Å². The van der Waals surface area contributed by atoms with Crippen LogP contribution in [-0.2, 0) is 11.3 Å². The molecule has 0 spiro atoms. The Balaban J connectivity index is 1.85. The molecule has 1 unspecified atom stereocenters. The van der Waals surface area contributed by atoms with Crippen molar-refractivity contribution in [1.29, 1.82) is 0 Å². The third kappa shape index (κ3) is 3.41. The first-order valence-electron chi connectivity index (χ1n) is 8.12. The van der Waals surface area contributed by atoms with E-state index in [2.05, 4.69) is 0 Å². The smallest absolute Gasteiger partial charge is 0.270 e. The lowest BCUT2D eigenvalue weighted by Gasteiger charge is -2.21. The van der Waals surface area contributed by atoms with Gasteiger partial charge in [0.15, 0.2) is 0 Å². The molecule has 0 aliphatic heterocycles. The van der Waals surface area contributed by atoms with Crippen LogP contribution in [0.3, 0.4) is 0 Å². The summed E-state index contributed by atoms with van der Waals surface area (Å²) in [6, 6.07) is 9.89. The number of carbonyl (C=O) groups excluding carboxylic acids is 1. The maximum absolute atomic E-state index is 12.8. The lowest BCUT2D eigenvalue weighted by atomic mass is 10.2. The Kier molecular flexibility index (Phi) is 4.68. The fourth-order valence-electron chi connectivity index (χ4n) is 3.00. The summed E-state index contributed by atoms with van der Waals surface area (Å²) in [6.45, 7) is 1.56. The number of para-hydroxylation sites is 1. The van der Waals surface area contributed by atoms with Gasteiger partial charge in [-0.1, -0.05) is 18.2 Å². The predicted molar refractivity (Wildman–Crippen MR) is 89.5 cm³/mol. The van der Waals surface area contributed by atoms with Crippen molar-refractivity contribution in [3.63, 3.8) is 0 Å². The van der Waals surface area contributed by atoms with E-state index in [0.717, 1.165) is 23.7 Å². The summed E-state index contributed by atoms with van der Waals surface area (Å²) in [6.07, 6.45) is 1.72. The van der Waals surface area contributed by atoms with Gasteiger partial charge in [-0.2, -0.15) is 0 Å². The first-order valence-corrected chi connectivity index (χ1v) is 8.12. The van der Waals surface area contributed by atoms with Gasteiger partial charge in [-0.25, -0.2) is 0 Å². The molecular weight excluding hydrogens is 292 g/mol. The van der Waals surface area contributed by atoms with Crippen molar-refractivity contribution in [2.75, 3.05) is 27.3 Å². The predicted octanol–water partition coefficient (Wildman–Crippen LogP) is 2.13. The minimum atomic E-state index is -0.416. The zero-order valence-electron chi connectivity index (χ0n) is 13.7. The van der Waals surface area contributed by atoms with Crippen LogP contribution in [0.15, 0.2) is 30.3 Å². The van der Waals surface area contributed by atoms with E-state index in [4.69, 9.17) is 4.74 Å². The van der Waals surface area contributed by atoms with Crippen molar-refractivity contribution >= 4 is 16.8 Å². The molecule has 1 atom stereocenters. The molecule has 0 bridgehead atoms. The maximum Gasteiger partial charge on any atom is 0.270 e. The largest absolute Gasteiger partial charge is 0.391 e. The van der Waals surface area contributed by atoms with Gasteiger partial charge in [-0.3, -0.25) is 4.79 Å². The number of methoxy groups -OCH3 is 1. The number of aliphatic hydroxyl groups excluding tert-OH is 1. The van der Waals surface area contributed by atoms with Gasteiger partial charge < -0.3 is 19.3 Å². The number of likely N-dealkylation sites (N-methyl/N-ethyl adjacent to an activating group) is 1. The van der Waals surface area contributed by atoms with Crippen molar-refractivity contribution in [2.45, 2.75) is 25.5 Å². The van der Waals surface area contributed by atoms with Gasteiger partial charge in [-0.15, -0.1) is 0 Å². The summed E-state index contributed by atoms with van der Waals surface area (Å²) in [5.41, 5.74) is 1.68. The topological polar surface area (TPSA) is 54.7 Å². The van der Waals surface area contributed by atoms with E-state index >= 15 is 0 Å². The molecule has 1 aliphatic carbocycles. The lowest BCUT2D eigenvalue weighted by Crippen LogP contribution is -2.36. The standard InChI is InChI=1S/C18H24N2O3/c1-19(12-17(21)13-7-8-13)18(22)16-11-14-5-3-4-6-15(14)20(16)9-10-23-2/h3-6,11,13,17,21H,7-10,12H2,1-2H3. The quantitative estimate of drug-likeness (QED) is 0.851. The molecule has 0 saturated heterocycles. The molecule has 5 nitrogen and oxygen atoms in total. The van der Waals surface area contributed by atoms with E-state index < -0.39 is 6.10 Å². The van der Waals surface area contributed by atoms with Crippen molar-refractivity contribution < 1.29 is 14.6 Å². The number of aromatic nitrogens is 1. The highest BCUT2D eigenvalue weighted by atomic mass is 16.5. The van der Waals surface area contributed by atoms with Crippen LogP contribution in [0.1, 0.15) is 23.3 Å².